The highest BCUT2D eigenvalue weighted by molar-refractivity contribution is 5.75. The Kier molecular flexibility index (Phi) is 3.37. The van der Waals surface area contributed by atoms with Crippen molar-refractivity contribution in [2.24, 2.45) is 5.73 Å². The summed E-state index contributed by atoms with van der Waals surface area (Å²) in [5.41, 5.74) is 12.1. The van der Waals surface area contributed by atoms with Gasteiger partial charge in [-0.05, 0) is 26.3 Å². The third-order valence-electron chi connectivity index (χ3n) is 2.23. The molecule has 0 aliphatic heterocycles. The lowest BCUT2D eigenvalue weighted by atomic mass is 10.0. The van der Waals surface area contributed by atoms with Gasteiger partial charge in [0.05, 0.1) is 0 Å². The molecule has 0 aliphatic rings. The molecule has 1 aromatic heterocycles. The van der Waals surface area contributed by atoms with Crippen molar-refractivity contribution in [1.82, 2.24) is 4.98 Å². The molecule has 0 spiro atoms. The van der Waals surface area contributed by atoms with Crippen molar-refractivity contribution in [3.8, 4) is 0 Å². The van der Waals surface area contributed by atoms with Gasteiger partial charge >= 0.3 is 0 Å². The number of carbonyl (C=O) groups is 1. The van der Waals surface area contributed by atoms with Crippen LogP contribution in [0.15, 0.2) is 12.3 Å². The SMILES string of the molecule is Cc1cnc(NC(C)(C)CC(N)=O)cc1N. The van der Waals surface area contributed by atoms with Crippen LogP contribution < -0.4 is 16.8 Å². The zero-order valence-corrected chi connectivity index (χ0v) is 9.87. The van der Waals surface area contributed by atoms with Crippen LogP contribution >= 0.6 is 0 Å². The maximum absolute atomic E-state index is 10.9. The molecule has 88 valence electrons. The fourth-order valence-electron chi connectivity index (χ4n) is 1.43. The van der Waals surface area contributed by atoms with Crippen LogP contribution in [0.25, 0.3) is 0 Å². The summed E-state index contributed by atoms with van der Waals surface area (Å²) in [6, 6.07) is 1.75. The van der Waals surface area contributed by atoms with Gasteiger partial charge in [-0.3, -0.25) is 4.79 Å². The average Bonchev–Trinajstić information content (AvgIpc) is 2.08. The summed E-state index contributed by atoms with van der Waals surface area (Å²) in [4.78, 5) is 15.1. The van der Waals surface area contributed by atoms with E-state index in [1.807, 2.05) is 20.8 Å². The topological polar surface area (TPSA) is 94.0 Å². The van der Waals surface area contributed by atoms with E-state index in [4.69, 9.17) is 11.5 Å². The second kappa shape index (κ2) is 4.38. The standard InChI is InChI=1S/C11H18N4O/c1-7-6-14-10(4-8(7)12)15-11(2,3)5-9(13)16/h4,6H,5H2,1-3H3,(H2,13,16)(H3,12,14,15). The molecule has 1 amide bonds. The van der Waals surface area contributed by atoms with Crippen molar-refractivity contribution in [1.29, 1.82) is 0 Å². The fraction of sp³-hybridized carbons (Fsp3) is 0.455. The summed E-state index contributed by atoms with van der Waals surface area (Å²) >= 11 is 0. The van der Waals surface area contributed by atoms with Crippen LogP contribution in [0.4, 0.5) is 11.5 Å². The molecule has 0 saturated carbocycles. The fourth-order valence-corrected chi connectivity index (χ4v) is 1.43. The Morgan fingerprint density at radius 3 is 2.69 bits per heavy atom. The van der Waals surface area contributed by atoms with E-state index in [0.29, 0.717) is 11.5 Å². The third-order valence-corrected chi connectivity index (χ3v) is 2.23. The van der Waals surface area contributed by atoms with E-state index in [9.17, 15) is 4.79 Å². The lowest BCUT2D eigenvalue weighted by molar-refractivity contribution is -0.118. The minimum Gasteiger partial charge on any atom is -0.398 e. The molecule has 0 radical (unpaired) electrons. The van der Waals surface area contributed by atoms with Crippen LogP contribution in [0, 0.1) is 6.92 Å². The first-order valence-corrected chi connectivity index (χ1v) is 5.09. The van der Waals surface area contributed by atoms with Crippen LogP contribution in [0.2, 0.25) is 0 Å². The molecule has 5 nitrogen and oxygen atoms in total. The van der Waals surface area contributed by atoms with Gasteiger partial charge in [0.1, 0.15) is 5.82 Å². The monoisotopic (exact) mass is 222 g/mol. The van der Waals surface area contributed by atoms with E-state index < -0.39 is 5.54 Å². The number of aromatic nitrogens is 1. The number of amides is 1. The van der Waals surface area contributed by atoms with Gasteiger partial charge in [0.15, 0.2) is 0 Å². The van der Waals surface area contributed by atoms with E-state index in [2.05, 4.69) is 10.3 Å². The van der Waals surface area contributed by atoms with Gasteiger partial charge in [0.25, 0.3) is 0 Å². The molecule has 0 aliphatic carbocycles. The largest absolute Gasteiger partial charge is 0.398 e. The van der Waals surface area contributed by atoms with Gasteiger partial charge in [-0.2, -0.15) is 0 Å². The van der Waals surface area contributed by atoms with Gasteiger partial charge in [-0.25, -0.2) is 4.98 Å². The molecule has 5 N–H and O–H groups in total. The zero-order valence-electron chi connectivity index (χ0n) is 9.87. The maximum atomic E-state index is 10.9. The number of aryl methyl sites for hydroxylation is 1. The number of nitrogens with two attached hydrogens (primary N) is 2. The second-order valence-electron chi connectivity index (χ2n) is 4.58. The Morgan fingerprint density at radius 1 is 1.56 bits per heavy atom. The van der Waals surface area contributed by atoms with E-state index >= 15 is 0 Å². The van der Waals surface area contributed by atoms with E-state index in [1.165, 1.54) is 0 Å². The second-order valence-corrected chi connectivity index (χ2v) is 4.58. The highest BCUT2D eigenvalue weighted by Crippen LogP contribution is 2.19. The minimum atomic E-state index is -0.430. The summed E-state index contributed by atoms with van der Waals surface area (Å²) in [6.45, 7) is 5.66. The van der Waals surface area contributed by atoms with Crippen molar-refractivity contribution in [2.45, 2.75) is 32.7 Å². The van der Waals surface area contributed by atoms with E-state index in [-0.39, 0.29) is 12.3 Å². The number of pyridine rings is 1. The highest BCUT2D eigenvalue weighted by atomic mass is 16.1. The normalized spacial score (nSPS) is 11.2. The third kappa shape index (κ3) is 3.42. The first-order chi connectivity index (χ1) is 7.30. The molecule has 1 rings (SSSR count). The summed E-state index contributed by atoms with van der Waals surface area (Å²) in [7, 11) is 0. The number of primary amides is 1. The first kappa shape index (κ1) is 12.3. The number of hydrogen-bond acceptors (Lipinski definition) is 4. The van der Waals surface area contributed by atoms with Crippen molar-refractivity contribution in [3.63, 3.8) is 0 Å². The molecule has 0 unspecified atom stereocenters. The van der Waals surface area contributed by atoms with Gasteiger partial charge in [-0.15, -0.1) is 0 Å². The summed E-state index contributed by atoms with van der Waals surface area (Å²) < 4.78 is 0. The molecule has 0 bridgehead atoms. The lowest BCUT2D eigenvalue weighted by Crippen LogP contribution is -2.36. The van der Waals surface area contributed by atoms with Crippen LogP contribution in [0.1, 0.15) is 25.8 Å². The summed E-state index contributed by atoms with van der Waals surface area (Å²) in [5.74, 6) is 0.298. The molecule has 1 aromatic rings. The van der Waals surface area contributed by atoms with Crippen LogP contribution in [0.5, 0.6) is 0 Å². The average molecular weight is 222 g/mol. The first-order valence-electron chi connectivity index (χ1n) is 5.09. The molecular formula is C11H18N4O. The Hall–Kier alpha value is -1.78. The van der Waals surface area contributed by atoms with Gasteiger partial charge in [-0.1, -0.05) is 0 Å². The number of nitrogen functional groups attached to an aromatic ring is 1. The van der Waals surface area contributed by atoms with Crippen LogP contribution in [0.3, 0.4) is 0 Å². The molecule has 5 heteroatoms. The number of anilines is 2. The van der Waals surface area contributed by atoms with E-state index in [0.717, 1.165) is 5.56 Å². The number of rotatable bonds is 4. The highest BCUT2D eigenvalue weighted by Gasteiger charge is 2.20. The van der Waals surface area contributed by atoms with Gasteiger partial charge in [0, 0.05) is 29.9 Å². The van der Waals surface area contributed by atoms with Crippen LogP contribution in [-0.4, -0.2) is 16.4 Å². The summed E-state index contributed by atoms with van der Waals surface area (Å²) in [6.07, 6.45) is 1.93. The van der Waals surface area contributed by atoms with E-state index in [1.54, 1.807) is 12.3 Å². The quantitative estimate of drug-likeness (QED) is 0.709. The minimum absolute atomic E-state index is 0.239. The smallest absolute Gasteiger partial charge is 0.219 e. The predicted octanol–water partition coefficient (Wildman–Crippen LogP) is 1.04. The molecular weight excluding hydrogens is 204 g/mol. The Labute approximate surface area is 95.2 Å². The van der Waals surface area contributed by atoms with Gasteiger partial charge in [0.2, 0.25) is 5.91 Å². The molecule has 0 saturated heterocycles. The Bertz CT molecular complexity index is 401. The summed E-state index contributed by atoms with van der Waals surface area (Å²) in [5, 5.41) is 3.13. The molecule has 16 heavy (non-hydrogen) atoms. The van der Waals surface area contributed by atoms with Crippen molar-refractivity contribution < 1.29 is 4.79 Å². The van der Waals surface area contributed by atoms with Gasteiger partial charge < -0.3 is 16.8 Å². The Balaban J connectivity index is 2.79. The maximum Gasteiger partial charge on any atom is 0.219 e. The predicted molar refractivity (Wildman–Crippen MR) is 64.9 cm³/mol. The van der Waals surface area contributed by atoms with Crippen LogP contribution in [-0.2, 0) is 4.79 Å². The molecule has 0 fully saturated rings. The Morgan fingerprint density at radius 2 is 2.19 bits per heavy atom. The molecule has 0 aromatic carbocycles. The number of hydrogen-bond donors (Lipinski definition) is 3. The van der Waals surface area contributed by atoms with Crippen molar-refractivity contribution >= 4 is 17.4 Å². The number of nitrogens with one attached hydrogen (secondary N) is 1. The zero-order chi connectivity index (χ0) is 12.3. The number of carbonyl (C=O) groups excluding carboxylic acids is 1. The number of nitrogens with zero attached hydrogens (tertiary/aromatic N) is 1. The lowest BCUT2D eigenvalue weighted by Gasteiger charge is -2.25. The molecule has 1 heterocycles. The molecule has 0 atom stereocenters. The van der Waals surface area contributed by atoms with Crippen molar-refractivity contribution in [3.05, 3.63) is 17.8 Å². The van der Waals surface area contributed by atoms with Crippen molar-refractivity contribution in [2.75, 3.05) is 11.1 Å².